The van der Waals surface area contributed by atoms with Gasteiger partial charge >= 0.3 is 7.32 Å². The van der Waals surface area contributed by atoms with Crippen LogP contribution in [0.1, 0.15) is 0 Å². The van der Waals surface area contributed by atoms with Gasteiger partial charge in [0.05, 0.1) is 21.3 Å². The number of rotatable bonds is 5. The first-order valence-electron chi connectivity index (χ1n) is 4.45. The summed E-state index contributed by atoms with van der Waals surface area (Å²) in [7, 11) is 2.48. The Labute approximate surface area is 93.5 Å². The Bertz CT molecular complexity index is 329. The number of hydrogen-bond donors (Lipinski definition) is 2. The lowest BCUT2D eigenvalue weighted by Gasteiger charge is -2.14. The Balaban J connectivity index is 3.15. The molecular formula is C9H13BO6. The maximum Gasteiger partial charge on any atom is 0.707 e. The van der Waals surface area contributed by atoms with Crippen molar-refractivity contribution in [3.8, 4) is 23.0 Å². The maximum atomic E-state index is 8.68. The van der Waals surface area contributed by atoms with Crippen molar-refractivity contribution in [3.63, 3.8) is 0 Å². The molecule has 0 atom stereocenters. The molecule has 6 nitrogen and oxygen atoms in total. The van der Waals surface area contributed by atoms with Crippen LogP contribution in [-0.4, -0.2) is 38.7 Å². The molecule has 0 amide bonds. The summed E-state index contributed by atoms with van der Waals surface area (Å²) in [5.74, 6) is 1.35. The molecule has 1 aromatic rings. The molecule has 0 fully saturated rings. The van der Waals surface area contributed by atoms with Gasteiger partial charge in [0.25, 0.3) is 0 Å². The Morgan fingerprint density at radius 3 is 1.75 bits per heavy atom. The van der Waals surface area contributed by atoms with E-state index >= 15 is 0 Å². The van der Waals surface area contributed by atoms with Crippen LogP contribution in [-0.2, 0) is 0 Å². The number of ether oxygens (including phenoxy) is 3. The van der Waals surface area contributed by atoms with E-state index in [0.717, 1.165) is 0 Å². The molecule has 0 bridgehead atoms. The van der Waals surface area contributed by atoms with Crippen LogP contribution in [0.15, 0.2) is 12.1 Å². The van der Waals surface area contributed by atoms with Crippen molar-refractivity contribution in [1.29, 1.82) is 0 Å². The second-order valence-electron chi connectivity index (χ2n) is 2.81. The molecule has 0 aliphatic rings. The minimum atomic E-state index is -1.90. The SMILES string of the molecule is COc1cc(OB(O)O)cc(OC)c1OC. The van der Waals surface area contributed by atoms with E-state index in [2.05, 4.69) is 0 Å². The largest absolute Gasteiger partial charge is 0.707 e. The van der Waals surface area contributed by atoms with Gasteiger partial charge in [0.1, 0.15) is 5.75 Å². The summed E-state index contributed by atoms with van der Waals surface area (Å²) in [4.78, 5) is 0. The zero-order valence-electron chi connectivity index (χ0n) is 9.26. The fourth-order valence-electron chi connectivity index (χ4n) is 1.25. The van der Waals surface area contributed by atoms with Crippen molar-refractivity contribution in [2.45, 2.75) is 0 Å². The van der Waals surface area contributed by atoms with Gasteiger partial charge < -0.3 is 28.9 Å². The van der Waals surface area contributed by atoms with Crippen LogP contribution in [0.5, 0.6) is 23.0 Å². The predicted molar refractivity (Wildman–Crippen MR) is 56.9 cm³/mol. The Kier molecular flexibility index (Phi) is 4.27. The average molecular weight is 228 g/mol. The molecule has 1 rings (SSSR count). The van der Waals surface area contributed by atoms with E-state index in [9.17, 15) is 0 Å². The summed E-state index contributed by atoms with van der Waals surface area (Å²) in [5, 5.41) is 17.4. The highest BCUT2D eigenvalue weighted by Crippen LogP contribution is 2.40. The molecule has 0 aliphatic carbocycles. The molecule has 0 heterocycles. The lowest BCUT2D eigenvalue weighted by molar-refractivity contribution is 0.283. The third-order valence-electron chi connectivity index (χ3n) is 1.88. The van der Waals surface area contributed by atoms with E-state index in [1.54, 1.807) is 0 Å². The van der Waals surface area contributed by atoms with Gasteiger partial charge in [0.15, 0.2) is 11.5 Å². The Morgan fingerprint density at radius 1 is 0.938 bits per heavy atom. The number of methoxy groups -OCH3 is 3. The van der Waals surface area contributed by atoms with Gasteiger partial charge in [-0.15, -0.1) is 0 Å². The molecule has 0 radical (unpaired) electrons. The summed E-state index contributed by atoms with van der Waals surface area (Å²) < 4.78 is 19.9. The van der Waals surface area contributed by atoms with Crippen LogP contribution in [0.2, 0.25) is 0 Å². The molecule has 0 aliphatic heterocycles. The molecule has 0 saturated carbocycles. The van der Waals surface area contributed by atoms with E-state index in [-0.39, 0.29) is 5.75 Å². The summed E-state index contributed by atoms with van der Waals surface area (Å²) in [5.41, 5.74) is 0. The smallest absolute Gasteiger partial charge is 0.512 e. The molecule has 2 N–H and O–H groups in total. The molecule has 88 valence electrons. The minimum absolute atomic E-state index is 0.199. The highest BCUT2D eigenvalue weighted by molar-refractivity contribution is 6.33. The van der Waals surface area contributed by atoms with E-state index in [0.29, 0.717) is 17.2 Å². The monoisotopic (exact) mass is 228 g/mol. The molecule has 0 saturated heterocycles. The third-order valence-corrected chi connectivity index (χ3v) is 1.88. The number of benzene rings is 1. The van der Waals surface area contributed by atoms with Gasteiger partial charge in [-0.05, 0) is 0 Å². The van der Waals surface area contributed by atoms with Crippen molar-refractivity contribution in [2.75, 3.05) is 21.3 Å². The zero-order chi connectivity index (χ0) is 12.1. The summed E-state index contributed by atoms with van der Waals surface area (Å²) in [6.07, 6.45) is 0. The van der Waals surface area contributed by atoms with Crippen LogP contribution < -0.4 is 18.9 Å². The standard InChI is InChI=1S/C9H13BO6/c1-13-7-4-6(16-10(11)12)5-8(14-2)9(7)15-3/h4-5,11-12H,1-3H3. The second-order valence-corrected chi connectivity index (χ2v) is 2.81. The first-order valence-corrected chi connectivity index (χ1v) is 4.45. The summed E-state index contributed by atoms with van der Waals surface area (Å²) >= 11 is 0. The molecule has 0 spiro atoms. The van der Waals surface area contributed by atoms with Crippen LogP contribution >= 0.6 is 0 Å². The molecular weight excluding hydrogens is 215 g/mol. The summed E-state index contributed by atoms with van der Waals surface area (Å²) in [6, 6.07) is 2.92. The molecule has 16 heavy (non-hydrogen) atoms. The van der Waals surface area contributed by atoms with E-state index in [1.165, 1.54) is 33.5 Å². The van der Waals surface area contributed by atoms with Crippen molar-refractivity contribution >= 4 is 7.32 Å². The Morgan fingerprint density at radius 2 is 1.44 bits per heavy atom. The number of hydrogen-bond acceptors (Lipinski definition) is 6. The van der Waals surface area contributed by atoms with Crippen LogP contribution in [0, 0.1) is 0 Å². The average Bonchev–Trinajstić information content (AvgIpc) is 2.26. The highest BCUT2D eigenvalue weighted by Gasteiger charge is 2.17. The fraction of sp³-hybridized carbons (Fsp3) is 0.333. The van der Waals surface area contributed by atoms with E-state index in [1.807, 2.05) is 0 Å². The van der Waals surface area contributed by atoms with Crippen molar-refractivity contribution in [1.82, 2.24) is 0 Å². The maximum absolute atomic E-state index is 8.68. The van der Waals surface area contributed by atoms with Crippen LogP contribution in [0.4, 0.5) is 0 Å². The second kappa shape index (κ2) is 5.48. The van der Waals surface area contributed by atoms with E-state index in [4.69, 9.17) is 28.9 Å². The Hall–Kier alpha value is -1.60. The van der Waals surface area contributed by atoms with E-state index < -0.39 is 7.32 Å². The predicted octanol–water partition coefficient (Wildman–Crippen LogP) is 0.0607. The topological polar surface area (TPSA) is 77.4 Å². The molecule has 1 aromatic carbocycles. The minimum Gasteiger partial charge on any atom is -0.512 e. The van der Waals surface area contributed by atoms with Gasteiger partial charge in [-0.3, -0.25) is 0 Å². The summed E-state index contributed by atoms with van der Waals surface area (Å²) in [6.45, 7) is 0. The molecule has 7 heteroatoms. The van der Waals surface area contributed by atoms with Gasteiger partial charge in [-0.2, -0.15) is 0 Å². The molecule has 0 unspecified atom stereocenters. The first kappa shape index (κ1) is 12.5. The van der Waals surface area contributed by atoms with Crippen molar-refractivity contribution < 1.29 is 28.9 Å². The van der Waals surface area contributed by atoms with Crippen molar-refractivity contribution in [3.05, 3.63) is 12.1 Å². The van der Waals surface area contributed by atoms with Gasteiger partial charge in [-0.1, -0.05) is 0 Å². The zero-order valence-corrected chi connectivity index (χ0v) is 9.26. The lowest BCUT2D eigenvalue weighted by Crippen LogP contribution is -2.20. The van der Waals surface area contributed by atoms with Crippen molar-refractivity contribution in [2.24, 2.45) is 0 Å². The van der Waals surface area contributed by atoms with Gasteiger partial charge in [-0.25, -0.2) is 0 Å². The van der Waals surface area contributed by atoms with Crippen LogP contribution in [0.25, 0.3) is 0 Å². The third kappa shape index (κ3) is 2.71. The first-order chi connectivity index (χ1) is 7.62. The quantitative estimate of drug-likeness (QED) is 0.694. The lowest BCUT2D eigenvalue weighted by atomic mass is 10.2. The van der Waals surface area contributed by atoms with Gasteiger partial charge in [0, 0.05) is 12.1 Å². The van der Waals surface area contributed by atoms with Crippen LogP contribution in [0.3, 0.4) is 0 Å². The van der Waals surface area contributed by atoms with Gasteiger partial charge in [0.2, 0.25) is 5.75 Å². The normalized spacial score (nSPS) is 9.56. The molecule has 0 aromatic heterocycles. The fourth-order valence-corrected chi connectivity index (χ4v) is 1.25. The highest BCUT2D eigenvalue weighted by atomic mass is 16.6.